The van der Waals surface area contributed by atoms with Gasteiger partial charge < -0.3 is 23.8 Å². The minimum atomic E-state index is -4.80. The van der Waals surface area contributed by atoms with Crippen LogP contribution in [-0.4, -0.2) is 75.9 Å². The van der Waals surface area contributed by atoms with Crippen LogP contribution >= 0.6 is 0 Å². The first-order valence-corrected chi connectivity index (χ1v) is 18.8. The van der Waals surface area contributed by atoms with Crippen LogP contribution in [0.1, 0.15) is 106 Å². The molecule has 13 heteroatoms. The number of nitrogens with zero attached hydrogens (tertiary/aromatic N) is 3. The van der Waals surface area contributed by atoms with E-state index in [1.54, 1.807) is 65.8 Å². The van der Waals surface area contributed by atoms with Crippen molar-refractivity contribution in [1.29, 1.82) is 0 Å². The molecule has 0 radical (unpaired) electrons. The van der Waals surface area contributed by atoms with Crippen molar-refractivity contribution in [2.45, 2.75) is 129 Å². The van der Waals surface area contributed by atoms with Crippen LogP contribution in [0.5, 0.6) is 11.6 Å². The Labute approximate surface area is 316 Å². The van der Waals surface area contributed by atoms with Crippen molar-refractivity contribution >= 4 is 35.0 Å². The summed E-state index contributed by atoms with van der Waals surface area (Å²) in [4.78, 5) is 53.1. The Hall–Kier alpha value is -4.16. The highest BCUT2D eigenvalue weighted by atomic mass is 19.4. The van der Waals surface area contributed by atoms with Gasteiger partial charge in [-0.2, -0.15) is 13.2 Å². The zero-order valence-electron chi connectivity index (χ0n) is 32.9. The molecule has 0 spiro atoms. The van der Waals surface area contributed by atoms with Crippen molar-refractivity contribution in [2.24, 2.45) is 23.2 Å². The number of methoxy groups -OCH3 is 1. The van der Waals surface area contributed by atoms with Crippen LogP contribution in [0.15, 0.2) is 37.4 Å². The van der Waals surface area contributed by atoms with Gasteiger partial charge in [0.05, 0.1) is 37.0 Å². The van der Waals surface area contributed by atoms with Gasteiger partial charge in [0.25, 0.3) is 0 Å². The maximum Gasteiger partial charge on any atom is 0.428 e. The highest BCUT2D eigenvalue weighted by molar-refractivity contribution is 5.90. The molecule has 0 N–H and O–H groups in total. The average molecular weight is 760 g/mol. The van der Waals surface area contributed by atoms with Crippen molar-refractivity contribution in [3.63, 3.8) is 0 Å². The molecule has 10 nitrogen and oxygen atoms in total. The molecule has 2 heterocycles. The molecule has 1 saturated heterocycles. The first kappa shape index (κ1) is 42.6. The number of unbranched alkanes of at least 4 members (excludes halogenated alkanes) is 1. The van der Waals surface area contributed by atoms with E-state index in [2.05, 4.69) is 18.1 Å². The highest BCUT2D eigenvalue weighted by Gasteiger charge is 2.64. The molecule has 2 aromatic rings. The molecule has 1 aliphatic heterocycles. The molecule has 0 bridgehead atoms. The molecule has 1 unspecified atom stereocenters. The summed E-state index contributed by atoms with van der Waals surface area (Å²) in [5.41, 5.74) is -3.03. The van der Waals surface area contributed by atoms with E-state index in [0.717, 1.165) is 0 Å². The minimum absolute atomic E-state index is 0.0881. The fourth-order valence-electron chi connectivity index (χ4n) is 7.78. The first-order valence-electron chi connectivity index (χ1n) is 18.8. The van der Waals surface area contributed by atoms with E-state index in [4.69, 9.17) is 23.9 Å². The maximum atomic E-state index is 14.8. The lowest BCUT2D eigenvalue weighted by Gasteiger charge is -2.39. The molecule has 6 atom stereocenters. The molecular weight excluding hydrogens is 703 g/mol. The number of likely N-dealkylation sites (tertiary alicyclic amines) is 1. The van der Waals surface area contributed by atoms with E-state index in [1.165, 1.54) is 18.1 Å². The summed E-state index contributed by atoms with van der Waals surface area (Å²) in [5.74, 6) is -4.29. The second-order valence-corrected chi connectivity index (χ2v) is 16.5. The number of carbonyl (C=O) groups excluding carboxylic acids is 3. The van der Waals surface area contributed by atoms with E-state index in [-0.39, 0.29) is 38.1 Å². The zero-order valence-corrected chi connectivity index (χ0v) is 32.9. The number of fused-ring (bicyclic) bond motifs is 1. The predicted molar refractivity (Wildman–Crippen MR) is 200 cm³/mol. The predicted octanol–water partition coefficient (Wildman–Crippen LogP) is 8.66. The SMILES string of the molecule is C=CCCC[C@@H]1CCCC1(OC(=O)C[C@H](C(=O)N1C[C@H](Oc2nc3cc(OC)ccc3nc2C=C)[C@@H](CC)[C@H]1C(=O)OC(C)(C)C)C(C)(C)C)C(F)(F)F. The van der Waals surface area contributed by atoms with E-state index in [0.29, 0.717) is 41.7 Å². The molecular formula is C41H56F3N3O7. The number of amides is 1. The summed E-state index contributed by atoms with van der Waals surface area (Å²) in [6, 6.07) is 4.09. The molecule has 1 saturated carbocycles. The maximum absolute atomic E-state index is 14.8. The molecule has 298 valence electrons. The first-order chi connectivity index (χ1) is 25.2. The Kier molecular flexibility index (Phi) is 13.2. The third-order valence-electron chi connectivity index (χ3n) is 10.5. The van der Waals surface area contributed by atoms with Gasteiger partial charge in [0.15, 0.2) is 0 Å². The van der Waals surface area contributed by atoms with Crippen LogP contribution in [0.2, 0.25) is 0 Å². The van der Waals surface area contributed by atoms with Crippen LogP contribution in [0.4, 0.5) is 13.2 Å². The number of rotatable bonds is 14. The van der Waals surface area contributed by atoms with Crippen LogP contribution < -0.4 is 9.47 Å². The van der Waals surface area contributed by atoms with Gasteiger partial charge in [-0.1, -0.05) is 40.3 Å². The standard InChI is InChI=1S/C41H56F3N3O7/c1-11-14-15-17-25-18-16-21-40(25,41(42,43)44)53-33(48)23-28(38(4,5)6)36(49)47-24-32(27(12-2)34(47)37(50)54-39(7,8)9)52-35-29(13-3)45-30-20-19-26(51-10)22-31(30)46-35/h11,13,19-20,22,25,27-28,32,34H,1,3,12,14-18,21,23-24H2,2,4-10H3/t25-,27-,28-,32+,34+,40?/m1/s1. The van der Waals surface area contributed by atoms with Gasteiger partial charge in [0, 0.05) is 17.9 Å². The zero-order chi connectivity index (χ0) is 40.2. The molecule has 2 fully saturated rings. The lowest BCUT2D eigenvalue weighted by Crippen LogP contribution is -2.53. The number of benzene rings is 1. The Morgan fingerprint density at radius 2 is 1.78 bits per heavy atom. The Morgan fingerprint density at radius 3 is 2.35 bits per heavy atom. The number of alkyl halides is 3. The highest BCUT2D eigenvalue weighted by Crippen LogP contribution is 2.52. The lowest BCUT2D eigenvalue weighted by molar-refractivity contribution is -0.282. The quantitative estimate of drug-likeness (QED) is 0.106. The summed E-state index contributed by atoms with van der Waals surface area (Å²) < 4.78 is 67.6. The smallest absolute Gasteiger partial charge is 0.428 e. The van der Waals surface area contributed by atoms with Gasteiger partial charge in [-0.15, -0.1) is 6.58 Å². The third kappa shape index (κ3) is 9.37. The molecule has 4 rings (SSSR count). The fourth-order valence-corrected chi connectivity index (χ4v) is 7.78. The summed E-state index contributed by atoms with van der Waals surface area (Å²) in [7, 11) is 1.53. The largest absolute Gasteiger partial charge is 0.497 e. The Balaban J connectivity index is 1.70. The molecule has 2 aliphatic rings. The number of hydrogen-bond acceptors (Lipinski definition) is 9. The normalized spacial score (nSPS) is 23.9. The van der Waals surface area contributed by atoms with Gasteiger partial charge in [0.1, 0.15) is 29.2 Å². The van der Waals surface area contributed by atoms with E-state index < -0.39 is 77.0 Å². The summed E-state index contributed by atoms with van der Waals surface area (Å²) in [5, 5.41) is 0. The van der Waals surface area contributed by atoms with Gasteiger partial charge in [-0.25, -0.2) is 14.8 Å². The van der Waals surface area contributed by atoms with Crippen LogP contribution in [-0.2, 0) is 23.9 Å². The molecule has 1 aromatic heterocycles. The lowest BCUT2D eigenvalue weighted by atomic mass is 9.77. The van der Waals surface area contributed by atoms with Crippen LogP contribution in [0.25, 0.3) is 17.1 Å². The van der Waals surface area contributed by atoms with E-state index in [1.807, 2.05) is 6.92 Å². The number of halogens is 3. The van der Waals surface area contributed by atoms with Crippen LogP contribution in [0, 0.1) is 23.2 Å². The third-order valence-corrected chi connectivity index (χ3v) is 10.5. The van der Waals surface area contributed by atoms with Gasteiger partial charge in [-0.3, -0.25) is 9.59 Å². The second-order valence-electron chi connectivity index (χ2n) is 16.5. The van der Waals surface area contributed by atoms with Gasteiger partial charge in [0.2, 0.25) is 17.4 Å². The monoisotopic (exact) mass is 759 g/mol. The van der Waals surface area contributed by atoms with Gasteiger partial charge in [-0.05, 0) is 89.3 Å². The van der Waals surface area contributed by atoms with Crippen LogP contribution in [0.3, 0.4) is 0 Å². The Morgan fingerprint density at radius 1 is 1.07 bits per heavy atom. The minimum Gasteiger partial charge on any atom is -0.497 e. The number of ether oxygens (including phenoxy) is 4. The van der Waals surface area contributed by atoms with Gasteiger partial charge >= 0.3 is 18.1 Å². The number of allylic oxidation sites excluding steroid dienone is 1. The molecule has 1 amide bonds. The summed E-state index contributed by atoms with van der Waals surface area (Å²) >= 11 is 0. The number of carbonyl (C=O) groups is 3. The Bertz CT molecular complexity index is 1700. The summed E-state index contributed by atoms with van der Waals surface area (Å²) in [6.07, 6.45) is -1.17. The summed E-state index contributed by atoms with van der Waals surface area (Å²) in [6.45, 7) is 19.6. The number of esters is 2. The average Bonchev–Trinajstić information content (AvgIpc) is 3.66. The fraction of sp³-hybridized carbons (Fsp3) is 0.634. The number of aromatic nitrogens is 2. The molecule has 1 aromatic carbocycles. The van der Waals surface area contributed by atoms with Crippen molar-refractivity contribution < 1.29 is 46.5 Å². The van der Waals surface area contributed by atoms with Crippen molar-refractivity contribution in [3.8, 4) is 11.6 Å². The number of hydrogen-bond donors (Lipinski definition) is 0. The topological polar surface area (TPSA) is 117 Å². The van der Waals surface area contributed by atoms with E-state index >= 15 is 0 Å². The second kappa shape index (κ2) is 16.7. The van der Waals surface area contributed by atoms with Crippen molar-refractivity contribution in [3.05, 3.63) is 43.1 Å². The molecule has 54 heavy (non-hydrogen) atoms. The molecule has 1 aliphatic carbocycles. The van der Waals surface area contributed by atoms with Crippen molar-refractivity contribution in [1.82, 2.24) is 14.9 Å². The van der Waals surface area contributed by atoms with Crippen molar-refractivity contribution in [2.75, 3.05) is 13.7 Å². The van der Waals surface area contributed by atoms with E-state index in [9.17, 15) is 27.6 Å².